The summed E-state index contributed by atoms with van der Waals surface area (Å²) in [4.78, 5) is 12.3. The SMILES string of the molecule is CCN(CC(=O)Nc1ccc(Cl)c(C(F)(F)F)c1)S(=O)(=O)c1cc(C)ccc1OC. The van der Waals surface area contributed by atoms with Crippen LogP contribution in [0.4, 0.5) is 18.9 Å². The quantitative estimate of drug-likeness (QED) is 0.662. The lowest BCUT2D eigenvalue weighted by Gasteiger charge is -2.21. The van der Waals surface area contributed by atoms with E-state index in [1.807, 2.05) is 0 Å². The summed E-state index contributed by atoms with van der Waals surface area (Å²) in [6, 6.07) is 7.50. The van der Waals surface area contributed by atoms with Crippen LogP contribution in [-0.2, 0) is 21.0 Å². The predicted molar refractivity (Wildman–Crippen MR) is 107 cm³/mol. The summed E-state index contributed by atoms with van der Waals surface area (Å²) in [6.45, 7) is 2.61. The number of benzene rings is 2. The summed E-state index contributed by atoms with van der Waals surface area (Å²) in [5.74, 6) is -0.686. The van der Waals surface area contributed by atoms with Crippen molar-refractivity contribution in [3.63, 3.8) is 0 Å². The van der Waals surface area contributed by atoms with Crippen molar-refractivity contribution < 1.29 is 31.1 Å². The lowest BCUT2D eigenvalue weighted by Crippen LogP contribution is -2.38. The molecule has 1 amide bonds. The molecule has 30 heavy (non-hydrogen) atoms. The molecule has 0 saturated carbocycles. The number of carbonyl (C=O) groups excluding carboxylic acids is 1. The highest BCUT2D eigenvalue weighted by molar-refractivity contribution is 7.89. The molecule has 0 spiro atoms. The summed E-state index contributed by atoms with van der Waals surface area (Å²) in [5.41, 5.74) is -0.583. The van der Waals surface area contributed by atoms with Gasteiger partial charge in [0.25, 0.3) is 0 Å². The minimum absolute atomic E-state index is 0.0404. The maximum Gasteiger partial charge on any atom is 0.417 e. The Labute approximate surface area is 177 Å². The fraction of sp³-hybridized carbons (Fsp3) is 0.316. The second-order valence-electron chi connectivity index (χ2n) is 6.33. The Morgan fingerprint density at radius 2 is 1.87 bits per heavy atom. The summed E-state index contributed by atoms with van der Waals surface area (Å²) < 4.78 is 71.0. The van der Waals surface area contributed by atoms with Crippen molar-refractivity contribution in [1.82, 2.24) is 4.31 Å². The molecule has 0 aliphatic heterocycles. The number of nitrogens with zero attached hydrogens (tertiary/aromatic N) is 1. The highest BCUT2D eigenvalue weighted by Gasteiger charge is 2.34. The van der Waals surface area contributed by atoms with E-state index in [-0.39, 0.29) is 22.9 Å². The molecule has 2 aromatic rings. The second kappa shape index (κ2) is 9.23. The number of ether oxygens (including phenoxy) is 1. The van der Waals surface area contributed by atoms with Crippen LogP contribution in [0.15, 0.2) is 41.3 Å². The number of methoxy groups -OCH3 is 1. The van der Waals surface area contributed by atoms with Crippen molar-refractivity contribution in [3.05, 3.63) is 52.5 Å². The smallest absolute Gasteiger partial charge is 0.417 e. The maximum atomic E-state index is 13.0. The number of sulfonamides is 1. The molecular formula is C19H20ClF3N2O4S. The molecule has 1 N–H and O–H groups in total. The van der Waals surface area contributed by atoms with E-state index in [9.17, 15) is 26.4 Å². The van der Waals surface area contributed by atoms with Gasteiger partial charge in [0.2, 0.25) is 15.9 Å². The molecule has 0 fully saturated rings. The van der Waals surface area contributed by atoms with E-state index in [2.05, 4.69) is 5.32 Å². The normalized spacial score (nSPS) is 12.1. The van der Waals surface area contributed by atoms with Crippen LogP contribution in [0.5, 0.6) is 5.75 Å². The van der Waals surface area contributed by atoms with Crippen molar-refractivity contribution in [2.24, 2.45) is 0 Å². The molecule has 0 bridgehead atoms. The van der Waals surface area contributed by atoms with Crippen LogP contribution in [0.2, 0.25) is 5.02 Å². The molecule has 0 unspecified atom stereocenters. The van der Waals surface area contributed by atoms with Crippen molar-refractivity contribution in [2.45, 2.75) is 24.9 Å². The minimum atomic E-state index is -4.70. The topological polar surface area (TPSA) is 75.7 Å². The lowest BCUT2D eigenvalue weighted by atomic mass is 10.2. The second-order valence-corrected chi connectivity index (χ2v) is 8.64. The van der Waals surface area contributed by atoms with Crippen LogP contribution in [0.1, 0.15) is 18.1 Å². The Morgan fingerprint density at radius 3 is 2.43 bits per heavy atom. The van der Waals surface area contributed by atoms with Gasteiger partial charge in [-0.2, -0.15) is 17.5 Å². The monoisotopic (exact) mass is 464 g/mol. The standard InChI is InChI=1S/C19H20ClF3N2O4S/c1-4-25(30(27,28)17-9-12(2)5-8-16(17)29-3)11-18(26)24-13-6-7-15(20)14(10-13)19(21,22)23/h5-10H,4,11H2,1-3H3,(H,24,26). The van der Waals surface area contributed by atoms with Crippen LogP contribution in [0, 0.1) is 6.92 Å². The molecule has 2 rings (SSSR count). The number of amides is 1. The number of alkyl halides is 3. The Bertz CT molecular complexity index is 1040. The van der Waals surface area contributed by atoms with Gasteiger partial charge in [-0.1, -0.05) is 24.6 Å². The molecule has 0 radical (unpaired) electrons. The molecule has 0 aliphatic carbocycles. The molecule has 11 heteroatoms. The Morgan fingerprint density at radius 1 is 1.20 bits per heavy atom. The summed E-state index contributed by atoms with van der Waals surface area (Å²) >= 11 is 5.56. The molecule has 0 saturated heterocycles. The van der Waals surface area contributed by atoms with E-state index >= 15 is 0 Å². The van der Waals surface area contributed by atoms with Gasteiger partial charge < -0.3 is 10.1 Å². The third-order valence-corrected chi connectivity index (χ3v) is 6.44. The third-order valence-electron chi connectivity index (χ3n) is 4.17. The Kier molecular flexibility index (Phi) is 7.38. The number of aryl methyl sites for hydroxylation is 1. The van der Waals surface area contributed by atoms with Gasteiger partial charge in [-0.3, -0.25) is 4.79 Å². The summed E-state index contributed by atoms with van der Waals surface area (Å²) in [7, 11) is -2.77. The zero-order valence-corrected chi connectivity index (χ0v) is 18.0. The van der Waals surface area contributed by atoms with Crippen LogP contribution in [0.25, 0.3) is 0 Å². The van der Waals surface area contributed by atoms with Crippen LogP contribution in [-0.4, -0.2) is 38.8 Å². The first kappa shape index (κ1) is 24.0. The molecule has 0 aliphatic rings. The first-order valence-corrected chi connectivity index (χ1v) is 10.5. The summed E-state index contributed by atoms with van der Waals surface area (Å²) in [6.07, 6.45) is -4.70. The maximum absolute atomic E-state index is 13.0. The van der Waals surface area contributed by atoms with Crippen LogP contribution >= 0.6 is 11.6 Å². The van der Waals surface area contributed by atoms with Gasteiger partial charge in [-0.15, -0.1) is 0 Å². The molecule has 0 aromatic heterocycles. The van der Waals surface area contributed by atoms with E-state index in [1.165, 1.54) is 32.2 Å². The molecule has 0 heterocycles. The van der Waals surface area contributed by atoms with Gasteiger partial charge in [0, 0.05) is 12.2 Å². The average Bonchev–Trinajstić information content (AvgIpc) is 2.66. The number of anilines is 1. The zero-order valence-electron chi connectivity index (χ0n) is 16.4. The highest BCUT2D eigenvalue weighted by Crippen LogP contribution is 2.36. The van der Waals surface area contributed by atoms with Crippen molar-refractivity contribution in [2.75, 3.05) is 25.5 Å². The van der Waals surface area contributed by atoms with Crippen molar-refractivity contribution in [3.8, 4) is 5.75 Å². The summed E-state index contributed by atoms with van der Waals surface area (Å²) in [5, 5.41) is 1.77. The van der Waals surface area contributed by atoms with E-state index in [0.29, 0.717) is 11.6 Å². The van der Waals surface area contributed by atoms with Gasteiger partial charge in [-0.05, 0) is 42.8 Å². The highest BCUT2D eigenvalue weighted by atomic mass is 35.5. The average molecular weight is 465 g/mol. The van der Waals surface area contributed by atoms with Gasteiger partial charge in [0.15, 0.2) is 0 Å². The number of hydrogen-bond acceptors (Lipinski definition) is 4. The van der Waals surface area contributed by atoms with E-state index < -0.39 is 39.2 Å². The third kappa shape index (κ3) is 5.44. The van der Waals surface area contributed by atoms with E-state index in [0.717, 1.165) is 10.4 Å². The number of halogens is 4. The first-order chi connectivity index (χ1) is 13.9. The zero-order chi connectivity index (χ0) is 22.7. The first-order valence-electron chi connectivity index (χ1n) is 8.71. The minimum Gasteiger partial charge on any atom is -0.495 e. The number of rotatable bonds is 7. The molecule has 164 valence electrons. The molecular weight excluding hydrogens is 445 g/mol. The van der Waals surface area contributed by atoms with Gasteiger partial charge in [-0.25, -0.2) is 8.42 Å². The largest absolute Gasteiger partial charge is 0.495 e. The molecule has 6 nitrogen and oxygen atoms in total. The molecule has 0 atom stereocenters. The predicted octanol–water partition coefficient (Wildman–Crippen LogP) is 4.33. The van der Waals surface area contributed by atoms with Gasteiger partial charge in [0.1, 0.15) is 10.6 Å². The van der Waals surface area contributed by atoms with E-state index in [4.69, 9.17) is 16.3 Å². The Balaban J connectivity index is 2.26. The molecule has 2 aromatic carbocycles. The number of hydrogen-bond donors (Lipinski definition) is 1. The van der Waals surface area contributed by atoms with E-state index in [1.54, 1.807) is 13.0 Å². The Hall–Kier alpha value is -2.30. The van der Waals surface area contributed by atoms with Crippen LogP contribution < -0.4 is 10.1 Å². The van der Waals surface area contributed by atoms with Crippen molar-refractivity contribution >= 4 is 33.2 Å². The van der Waals surface area contributed by atoms with Crippen molar-refractivity contribution in [1.29, 1.82) is 0 Å². The van der Waals surface area contributed by atoms with Gasteiger partial charge >= 0.3 is 6.18 Å². The number of nitrogens with one attached hydrogen (secondary N) is 1. The number of likely N-dealkylation sites (N-methyl/N-ethyl adjacent to an activating group) is 1. The van der Waals surface area contributed by atoms with Crippen LogP contribution in [0.3, 0.4) is 0 Å². The lowest BCUT2D eigenvalue weighted by molar-refractivity contribution is -0.137. The fourth-order valence-electron chi connectivity index (χ4n) is 2.67. The van der Waals surface area contributed by atoms with Gasteiger partial charge in [0.05, 0.1) is 24.2 Å². The fourth-order valence-corrected chi connectivity index (χ4v) is 4.54. The number of carbonyl (C=O) groups is 1.